The van der Waals surface area contributed by atoms with Crippen LogP contribution >= 0.6 is 0 Å². The van der Waals surface area contributed by atoms with Gasteiger partial charge in [-0.05, 0) is 0 Å². The van der Waals surface area contributed by atoms with Crippen LogP contribution in [0.3, 0.4) is 0 Å². The molecule has 1 aliphatic heterocycles. The summed E-state index contributed by atoms with van der Waals surface area (Å²) in [6.07, 6.45) is 2.50. The Labute approximate surface area is 192 Å². The van der Waals surface area contributed by atoms with Crippen molar-refractivity contribution in [1.29, 1.82) is 0 Å². The molecule has 30 heavy (non-hydrogen) atoms. The molecule has 5 unspecified atom stereocenters. The van der Waals surface area contributed by atoms with Gasteiger partial charge in [-0.25, -0.2) is 0 Å². The number of esters is 1. The first-order chi connectivity index (χ1) is 13.5. The molecule has 2 aliphatic rings. The molecule has 178 valence electrons. The van der Waals surface area contributed by atoms with Gasteiger partial charge in [0, 0.05) is 0 Å². The minimum absolute atomic E-state index is 0.00873. The summed E-state index contributed by atoms with van der Waals surface area (Å²) in [6.45, 7) is 16.9. The fourth-order valence-electron chi connectivity index (χ4n) is 4.70. The molecule has 0 spiro atoms. The molecule has 0 aromatic carbocycles. The summed E-state index contributed by atoms with van der Waals surface area (Å²) in [6, 6.07) is 0. The van der Waals surface area contributed by atoms with Gasteiger partial charge in [-0.15, -0.1) is 0 Å². The first kappa shape index (κ1) is 26.3. The van der Waals surface area contributed by atoms with Crippen LogP contribution in [0.2, 0.25) is 0 Å². The second kappa shape index (κ2) is 8.76. The fraction of sp³-hybridized carbons (Fsp3) is 0.952. The zero-order valence-corrected chi connectivity index (χ0v) is 22.6. The molecule has 2 fully saturated rings. The topological polar surface area (TPSA) is 108 Å². The van der Waals surface area contributed by atoms with Gasteiger partial charge in [0.1, 0.15) is 0 Å². The van der Waals surface area contributed by atoms with Crippen LogP contribution in [0.15, 0.2) is 0 Å². The van der Waals surface area contributed by atoms with E-state index in [0.717, 1.165) is 19.3 Å². The van der Waals surface area contributed by atoms with Crippen LogP contribution in [-0.2, 0) is 28.8 Å². The molecule has 0 bridgehead atoms. The summed E-state index contributed by atoms with van der Waals surface area (Å²) in [5.41, 5.74) is -0.793. The maximum absolute atomic E-state index is 13.2. The molecule has 1 saturated heterocycles. The summed E-state index contributed by atoms with van der Waals surface area (Å²) >= 11 is -0.556. The molecule has 0 amide bonds. The number of halogens is 1. The van der Waals surface area contributed by atoms with Gasteiger partial charge in [0.2, 0.25) is 0 Å². The molecular formula is C21H39INO6S-. The van der Waals surface area contributed by atoms with Crippen LogP contribution in [0.25, 0.3) is 0 Å². The van der Waals surface area contributed by atoms with Crippen molar-refractivity contribution in [2.45, 2.75) is 84.4 Å². The third-order valence-electron chi connectivity index (χ3n) is 6.62. The van der Waals surface area contributed by atoms with Gasteiger partial charge in [0.15, 0.2) is 0 Å². The molecule has 2 N–H and O–H groups in total. The molecule has 0 aromatic rings. The van der Waals surface area contributed by atoms with Gasteiger partial charge in [-0.2, -0.15) is 0 Å². The molecule has 1 aliphatic carbocycles. The van der Waals surface area contributed by atoms with Crippen molar-refractivity contribution in [3.05, 3.63) is 0 Å². The molecule has 0 aromatic heterocycles. The first-order valence-corrected chi connectivity index (χ1v) is 14.7. The Kier molecular flexibility index (Phi) is 7.67. The minimum atomic E-state index is -3.94. The van der Waals surface area contributed by atoms with Gasteiger partial charge in [0.25, 0.3) is 0 Å². The molecule has 9 heteroatoms. The van der Waals surface area contributed by atoms with E-state index in [0.29, 0.717) is 4.61 Å². The second-order valence-corrected chi connectivity index (χ2v) is 15.4. The Morgan fingerprint density at radius 2 is 1.80 bits per heavy atom. The van der Waals surface area contributed by atoms with E-state index in [2.05, 4.69) is 48.5 Å². The van der Waals surface area contributed by atoms with Gasteiger partial charge < -0.3 is 0 Å². The first-order valence-electron chi connectivity index (χ1n) is 10.6. The third-order valence-corrected chi connectivity index (χ3v) is 10.6. The van der Waals surface area contributed by atoms with E-state index in [1.54, 1.807) is 0 Å². The number of rotatable bonds is 9. The number of nitrogens with two attached hydrogens (primary N) is 1. The van der Waals surface area contributed by atoms with Crippen molar-refractivity contribution >= 4 is 16.3 Å². The number of alkyl halides is 2. The van der Waals surface area contributed by atoms with Gasteiger partial charge in [-0.3, -0.25) is 0 Å². The number of hydrogen-bond donors (Lipinski definition) is 1. The van der Waals surface area contributed by atoms with E-state index in [1.165, 1.54) is 0 Å². The van der Waals surface area contributed by atoms with E-state index in [9.17, 15) is 13.2 Å². The summed E-state index contributed by atoms with van der Waals surface area (Å²) in [5, 5.41) is 4.98. The number of carbonyl (C=O) groups is 1. The normalized spacial score (nSPS) is 31.3. The molecule has 7 nitrogen and oxygen atoms in total. The summed E-state index contributed by atoms with van der Waals surface area (Å²) in [4.78, 5) is 13.2. The van der Waals surface area contributed by atoms with Crippen LogP contribution < -0.4 is 26.3 Å². The van der Waals surface area contributed by atoms with E-state index in [1.807, 2.05) is 6.92 Å². The summed E-state index contributed by atoms with van der Waals surface area (Å²) in [7, 11) is -3.94. The zero-order chi connectivity index (χ0) is 23.2. The number of epoxide rings is 1. The Morgan fingerprint density at radius 3 is 2.27 bits per heavy atom. The van der Waals surface area contributed by atoms with Crippen molar-refractivity contribution in [1.82, 2.24) is 0 Å². The molecule has 2 rings (SSSR count). The van der Waals surface area contributed by atoms with Crippen molar-refractivity contribution in [3.63, 3.8) is 0 Å². The number of hydrogen-bond acceptors (Lipinski definition) is 6. The van der Waals surface area contributed by atoms with Crippen LogP contribution in [0.4, 0.5) is 0 Å². The Morgan fingerprint density at radius 1 is 1.20 bits per heavy atom. The second-order valence-electron chi connectivity index (χ2n) is 11.1. The van der Waals surface area contributed by atoms with Crippen molar-refractivity contribution < 1.29 is 48.1 Å². The fourth-order valence-corrected chi connectivity index (χ4v) is 8.74. The van der Waals surface area contributed by atoms with Gasteiger partial charge in [0.05, 0.1) is 0 Å². The molecule has 0 radical (unpaired) electrons. The van der Waals surface area contributed by atoms with Gasteiger partial charge >= 0.3 is 193 Å². The zero-order valence-electron chi connectivity index (χ0n) is 19.6. The van der Waals surface area contributed by atoms with E-state index in [-0.39, 0.29) is 45.0 Å². The quantitative estimate of drug-likeness (QED) is 0.190. The standard InChI is InChI=1S/C21H39INO6S/c1-9-15-14(11-28-30(23,25)26)10-16-21(15,29-16)22-13-27-17(24)20(8,19(5,6)7)12-18(2,3)4/h14-16H,9-13H2,1-8H3,(H2,23,25,26)/q-1. The monoisotopic (exact) mass is 560 g/mol. The predicted molar refractivity (Wildman–Crippen MR) is 111 cm³/mol. The Bertz CT molecular complexity index is 744. The SMILES string of the molecule is CCC1C(COS(N)(=O)=O)CC2OC21[I-]COC(=O)C(C)(CC(C)(C)C)C(C)(C)C. The molecule has 1 saturated carbocycles. The summed E-state index contributed by atoms with van der Waals surface area (Å²) in [5.74, 6) is 0.168. The van der Waals surface area contributed by atoms with Gasteiger partial charge in [-0.1, -0.05) is 0 Å². The number of fused-ring (bicyclic) bond motifs is 1. The number of carbonyl (C=O) groups excluding carboxylic acids is 1. The summed E-state index contributed by atoms with van der Waals surface area (Å²) < 4.78 is 39.2. The Hall–Kier alpha value is 0.0300. The van der Waals surface area contributed by atoms with E-state index < -0.39 is 36.9 Å². The van der Waals surface area contributed by atoms with Crippen LogP contribution in [0.5, 0.6) is 0 Å². The predicted octanol–water partition coefficient (Wildman–Crippen LogP) is 0.426. The van der Waals surface area contributed by atoms with Crippen LogP contribution in [0, 0.1) is 28.1 Å². The van der Waals surface area contributed by atoms with Crippen molar-refractivity contribution in [3.8, 4) is 0 Å². The van der Waals surface area contributed by atoms with Crippen LogP contribution in [0.1, 0.15) is 74.7 Å². The van der Waals surface area contributed by atoms with E-state index in [4.69, 9.17) is 18.8 Å². The molecule has 5 atom stereocenters. The third kappa shape index (κ3) is 5.88. The van der Waals surface area contributed by atoms with Crippen LogP contribution in [-0.4, -0.2) is 35.3 Å². The average Bonchev–Trinajstić information content (AvgIpc) is 3.14. The Balaban J connectivity index is 1.99. The van der Waals surface area contributed by atoms with Crippen molar-refractivity contribution in [2.24, 2.45) is 33.2 Å². The average molecular weight is 561 g/mol. The van der Waals surface area contributed by atoms with Crippen molar-refractivity contribution in [2.75, 3.05) is 11.2 Å². The van der Waals surface area contributed by atoms with E-state index >= 15 is 0 Å². The number of ether oxygens (including phenoxy) is 2. The molecule has 1 heterocycles. The maximum atomic E-state index is 13.2. The molecular weight excluding hydrogens is 521 g/mol.